The Labute approximate surface area is 132 Å². The SMILES string of the molecule is N#Cc1ccc(CS(=O)(=O)c2ccc(N)c(Cl)c2)c(Cl)c1. The highest BCUT2D eigenvalue weighted by Gasteiger charge is 2.18. The fourth-order valence-corrected chi connectivity index (χ4v) is 3.70. The Bertz CT molecular complexity index is 843. The fraction of sp³-hybridized carbons (Fsp3) is 0.0714. The highest BCUT2D eigenvalue weighted by molar-refractivity contribution is 7.90. The average Bonchev–Trinajstić information content (AvgIpc) is 2.43. The van der Waals surface area contributed by atoms with E-state index in [1.54, 1.807) is 0 Å². The first-order valence-electron chi connectivity index (χ1n) is 5.80. The van der Waals surface area contributed by atoms with Crippen molar-refractivity contribution >= 4 is 38.7 Å². The van der Waals surface area contributed by atoms with Gasteiger partial charge in [-0.3, -0.25) is 0 Å². The van der Waals surface area contributed by atoms with Gasteiger partial charge in [0, 0.05) is 5.02 Å². The molecular weight excluding hydrogens is 331 g/mol. The van der Waals surface area contributed by atoms with E-state index < -0.39 is 9.84 Å². The largest absolute Gasteiger partial charge is 0.398 e. The van der Waals surface area contributed by atoms with Crippen LogP contribution < -0.4 is 5.73 Å². The molecule has 0 saturated carbocycles. The summed E-state index contributed by atoms with van der Waals surface area (Å²) in [7, 11) is -3.60. The molecule has 0 bridgehead atoms. The van der Waals surface area contributed by atoms with Gasteiger partial charge in [0.1, 0.15) is 0 Å². The van der Waals surface area contributed by atoms with E-state index in [0.29, 0.717) is 16.8 Å². The zero-order valence-corrected chi connectivity index (χ0v) is 13.0. The zero-order valence-electron chi connectivity index (χ0n) is 10.7. The number of hydrogen-bond acceptors (Lipinski definition) is 4. The predicted molar refractivity (Wildman–Crippen MR) is 82.9 cm³/mol. The number of nitrogens with two attached hydrogens (primary N) is 1. The maximum absolute atomic E-state index is 12.3. The first-order valence-corrected chi connectivity index (χ1v) is 8.20. The summed E-state index contributed by atoms with van der Waals surface area (Å²) in [5.74, 6) is -0.280. The van der Waals surface area contributed by atoms with Gasteiger partial charge in [0.05, 0.1) is 33.0 Å². The van der Waals surface area contributed by atoms with Crippen LogP contribution in [0.25, 0.3) is 0 Å². The van der Waals surface area contributed by atoms with Crippen molar-refractivity contribution in [2.75, 3.05) is 5.73 Å². The molecule has 0 spiro atoms. The third-order valence-corrected chi connectivity index (χ3v) is 5.20. The van der Waals surface area contributed by atoms with E-state index in [4.69, 9.17) is 34.2 Å². The molecule has 0 saturated heterocycles. The lowest BCUT2D eigenvalue weighted by Crippen LogP contribution is -2.06. The Balaban J connectivity index is 2.37. The minimum absolute atomic E-state index is 0.0714. The third-order valence-electron chi connectivity index (χ3n) is 2.86. The Morgan fingerprint density at radius 1 is 1.10 bits per heavy atom. The van der Waals surface area contributed by atoms with E-state index in [9.17, 15) is 8.42 Å². The Morgan fingerprint density at radius 3 is 2.38 bits per heavy atom. The number of nitrogens with zero attached hydrogens (tertiary/aromatic N) is 1. The van der Waals surface area contributed by atoms with Crippen LogP contribution in [0.3, 0.4) is 0 Å². The molecule has 4 nitrogen and oxygen atoms in total. The van der Waals surface area contributed by atoms with Gasteiger partial charge in [-0.05, 0) is 35.9 Å². The summed E-state index contributed by atoms with van der Waals surface area (Å²) in [5.41, 5.74) is 6.67. The molecule has 0 aliphatic rings. The lowest BCUT2D eigenvalue weighted by atomic mass is 10.2. The normalized spacial score (nSPS) is 11.1. The molecule has 2 rings (SSSR count). The van der Waals surface area contributed by atoms with Crippen molar-refractivity contribution in [3.05, 3.63) is 57.6 Å². The Morgan fingerprint density at radius 2 is 1.81 bits per heavy atom. The summed E-state index contributed by atoms with van der Waals surface area (Å²) in [6.45, 7) is 0. The number of rotatable bonds is 3. The molecule has 2 N–H and O–H groups in total. The smallest absolute Gasteiger partial charge is 0.182 e. The van der Waals surface area contributed by atoms with Crippen LogP contribution in [0.4, 0.5) is 5.69 Å². The molecule has 0 aliphatic carbocycles. The third kappa shape index (κ3) is 3.48. The molecule has 0 fully saturated rings. The summed E-state index contributed by atoms with van der Waals surface area (Å²) in [6, 6.07) is 10.6. The van der Waals surface area contributed by atoms with Crippen LogP contribution in [0.15, 0.2) is 41.3 Å². The standard InChI is InChI=1S/C14H10Cl2N2O2S/c15-12-5-9(7-17)1-2-10(12)8-21(19,20)11-3-4-14(18)13(16)6-11/h1-6H,8,18H2. The zero-order chi connectivity index (χ0) is 15.6. The van der Waals surface area contributed by atoms with Gasteiger partial charge >= 0.3 is 0 Å². The van der Waals surface area contributed by atoms with Gasteiger partial charge < -0.3 is 5.73 Å². The van der Waals surface area contributed by atoms with Gasteiger partial charge in [-0.25, -0.2) is 8.42 Å². The van der Waals surface area contributed by atoms with Gasteiger partial charge in [0.15, 0.2) is 9.84 Å². The molecule has 0 amide bonds. The Kier molecular flexibility index (Phi) is 4.43. The molecule has 0 aliphatic heterocycles. The highest BCUT2D eigenvalue weighted by Crippen LogP contribution is 2.27. The van der Waals surface area contributed by atoms with Crippen LogP contribution >= 0.6 is 23.2 Å². The van der Waals surface area contributed by atoms with Crippen LogP contribution in [0.2, 0.25) is 10.0 Å². The van der Waals surface area contributed by atoms with Gasteiger partial charge in [0.2, 0.25) is 0 Å². The predicted octanol–water partition coefficient (Wildman–Crippen LogP) is 3.42. The lowest BCUT2D eigenvalue weighted by Gasteiger charge is -2.08. The van der Waals surface area contributed by atoms with E-state index in [1.165, 1.54) is 36.4 Å². The Hall–Kier alpha value is -1.74. The summed E-state index contributed by atoms with van der Waals surface area (Å²) in [5, 5.41) is 9.18. The van der Waals surface area contributed by atoms with Crippen LogP contribution in [0.1, 0.15) is 11.1 Å². The lowest BCUT2D eigenvalue weighted by molar-refractivity contribution is 0.595. The first-order chi connectivity index (χ1) is 9.83. The number of sulfone groups is 1. The second kappa shape index (κ2) is 5.94. The molecule has 2 aromatic rings. The first kappa shape index (κ1) is 15.6. The summed E-state index contributed by atoms with van der Waals surface area (Å²) in [6.07, 6.45) is 0. The average molecular weight is 341 g/mol. The van der Waals surface area contributed by atoms with Crippen molar-refractivity contribution in [1.29, 1.82) is 5.26 Å². The van der Waals surface area contributed by atoms with E-state index in [0.717, 1.165) is 0 Å². The van der Waals surface area contributed by atoms with Gasteiger partial charge in [-0.1, -0.05) is 29.3 Å². The van der Waals surface area contributed by atoms with Crippen molar-refractivity contribution in [2.45, 2.75) is 10.6 Å². The summed E-state index contributed by atoms with van der Waals surface area (Å²) >= 11 is 11.8. The molecule has 108 valence electrons. The highest BCUT2D eigenvalue weighted by atomic mass is 35.5. The molecule has 0 heterocycles. The number of halogens is 2. The van der Waals surface area contributed by atoms with Crippen molar-refractivity contribution in [1.82, 2.24) is 0 Å². The molecule has 21 heavy (non-hydrogen) atoms. The summed E-state index contributed by atoms with van der Waals surface area (Å²) in [4.78, 5) is 0.0714. The maximum atomic E-state index is 12.3. The van der Waals surface area contributed by atoms with E-state index in [2.05, 4.69) is 0 Å². The molecule has 0 radical (unpaired) electrons. The van der Waals surface area contributed by atoms with Crippen LogP contribution in [-0.4, -0.2) is 8.42 Å². The van der Waals surface area contributed by atoms with Crippen molar-refractivity contribution < 1.29 is 8.42 Å². The van der Waals surface area contributed by atoms with Crippen molar-refractivity contribution in [2.24, 2.45) is 0 Å². The number of nitrogen functional groups attached to an aromatic ring is 1. The van der Waals surface area contributed by atoms with Gasteiger partial charge in [-0.2, -0.15) is 5.26 Å². The molecule has 0 unspecified atom stereocenters. The number of nitriles is 1. The molecule has 2 aromatic carbocycles. The van der Waals surface area contributed by atoms with Crippen LogP contribution in [0, 0.1) is 11.3 Å². The minimum Gasteiger partial charge on any atom is -0.398 e. The van der Waals surface area contributed by atoms with Gasteiger partial charge in [0.25, 0.3) is 0 Å². The molecular formula is C14H10Cl2N2O2S. The fourth-order valence-electron chi connectivity index (χ4n) is 1.72. The van der Waals surface area contributed by atoms with Crippen LogP contribution in [0.5, 0.6) is 0 Å². The molecule has 0 aromatic heterocycles. The van der Waals surface area contributed by atoms with Crippen molar-refractivity contribution in [3.63, 3.8) is 0 Å². The monoisotopic (exact) mass is 340 g/mol. The second-order valence-corrected chi connectivity index (χ2v) is 7.16. The number of benzene rings is 2. The van der Waals surface area contributed by atoms with E-state index >= 15 is 0 Å². The van der Waals surface area contributed by atoms with E-state index in [1.807, 2.05) is 6.07 Å². The maximum Gasteiger partial charge on any atom is 0.182 e. The second-order valence-electron chi connectivity index (χ2n) is 4.36. The number of hydrogen-bond donors (Lipinski definition) is 1. The number of anilines is 1. The molecule has 7 heteroatoms. The molecule has 0 atom stereocenters. The topological polar surface area (TPSA) is 84.0 Å². The van der Waals surface area contributed by atoms with E-state index in [-0.39, 0.29) is 20.7 Å². The summed E-state index contributed by atoms with van der Waals surface area (Å²) < 4.78 is 24.7. The minimum atomic E-state index is -3.60. The van der Waals surface area contributed by atoms with Gasteiger partial charge in [-0.15, -0.1) is 0 Å². The van der Waals surface area contributed by atoms with Crippen molar-refractivity contribution in [3.8, 4) is 6.07 Å². The quantitative estimate of drug-likeness (QED) is 0.867. The van der Waals surface area contributed by atoms with Crippen LogP contribution in [-0.2, 0) is 15.6 Å².